The molecular formula is C18H19ClN2O3. The second kappa shape index (κ2) is 7.84. The average molecular weight is 347 g/mol. The molecule has 0 aliphatic heterocycles. The molecule has 1 amide bonds. The molecule has 1 atom stereocenters. The minimum absolute atomic E-state index is 0.173. The first-order valence-corrected chi connectivity index (χ1v) is 7.80. The van der Waals surface area contributed by atoms with Crippen LogP contribution in [0.4, 0.5) is 0 Å². The second-order valence-electron chi connectivity index (χ2n) is 5.46. The number of rotatable bonds is 5. The van der Waals surface area contributed by atoms with Crippen LogP contribution in [0.5, 0.6) is 11.5 Å². The molecule has 1 unspecified atom stereocenters. The summed E-state index contributed by atoms with van der Waals surface area (Å²) < 4.78 is 5.63. The Morgan fingerprint density at radius 1 is 1.25 bits per heavy atom. The number of ether oxygens (including phenoxy) is 1. The quantitative estimate of drug-likeness (QED) is 0.642. The largest absolute Gasteiger partial charge is 0.508 e. The maximum absolute atomic E-state index is 12.0. The van der Waals surface area contributed by atoms with Crippen LogP contribution in [0, 0.1) is 13.8 Å². The number of phenolic OH excluding ortho intramolecular Hbond substituents is 1. The topological polar surface area (TPSA) is 70.9 Å². The Morgan fingerprint density at radius 3 is 2.42 bits per heavy atom. The molecule has 0 fully saturated rings. The van der Waals surface area contributed by atoms with Gasteiger partial charge in [0.15, 0.2) is 6.10 Å². The van der Waals surface area contributed by atoms with E-state index in [0.717, 1.165) is 16.7 Å². The van der Waals surface area contributed by atoms with E-state index >= 15 is 0 Å². The molecule has 0 spiro atoms. The summed E-state index contributed by atoms with van der Waals surface area (Å²) in [6.07, 6.45) is 0.780. The van der Waals surface area contributed by atoms with E-state index in [1.807, 2.05) is 13.8 Å². The van der Waals surface area contributed by atoms with Crippen LogP contribution in [-0.2, 0) is 4.79 Å². The van der Waals surface area contributed by atoms with E-state index in [-0.39, 0.29) is 11.7 Å². The molecule has 0 radical (unpaired) electrons. The molecule has 2 aromatic carbocycles. The minimum atomic E-state index is -0.707. The van der Waals surface area contributed by atoms with Crippen molar-refractivity contribution in [3.05, 3.63) is 58.1 Å². The van der Waals surface area contributed by atoms with E-state index < -0.39 is 6.10 Å². The van der Waals surface area contributed by atoms with E-state index in [4.69, 9.17) is 16.3 Å². The van der Waals surface area contributed by atoms with Gasteiger partial charge < -0.3 is 9.84 Å². The van der Waals surface area contributed by atoms with Gasteiger partial charge in [-0.2, -0.15) is 5.10 Å². The van der Waals surface area contributed by atoms with Crippen LogP contribution in [0.25, 0.3) is 0 Å². The van der Waals surface area contributed by atoms with Crippen LogP contribution < -0.4 is 10.2 Å². The Labute approximate surface area is 145 Å². The van der Waals surface area contributed by atoms with Gasteiger partial charge in [-0.1, -0.05) is 11.6 Å². The van der Waals surface area contributed by atoms with Crippen molar-refractivity contribution in [2.75, 3.05) is 0 Å². The first kappa shape index (κ1) is 17.8. The zero-order chi connectivity index (χ0) is 17.7. The molecule has 0 aliphatic carbocycles. The number of hydrazone groups is 1. The minimum Gasteiger partial charge on any atom is -0.508 e. The third-order valence-corrected chi connectivity index (χ3v) is 3.97. The molecule has 0 saturated carbocycles. The van der Waals surface area contributed by atoms with Crippen LogP contribution in [0.15, 0.2) is 41.5 Å². The lowest BCUT2D eigenvalue weighted by atomic mass is 10.1. The standard InChI is InChI=1S/C18H19ClN2O3/c1-11-8-16(9-12(2)17(11)19)24-13(3)18(23)21-20-10-14-4-6-15(22)7-5-14/h4-10,13,22H,1-3H3,(H,21,23)/b20-10+. The molecule has 0 aliphatic rings. The Morgan fingerprint density at radius 2 is 1.83 bits per heavy atom. The molecule has 0 saturated heterocycles. The van der Waals surface area contributed by atoms with Gasteiger partial charge >= 0.3 is 0 Å². The van der Waals surface area contributed by atoms with Gasteiger partial charge in [-0.05, 0) is 73.9 Å². The molecule has 126 valence electrons. The molecule has 24 heavy (non-hydrogen) atoms. The predicted molar refractivity (Wildman–Crippen MR) is 94.9 cm³/mol. The normalized spacial score (nSPS) is 12.2. The van der Waals surface area contributed by atoms with Crippen LogP contribution in [0.2, 0.25) is 5.02 Å². The van der Waals surface area contributed by atoms with Gasteiger partial charge in [-0.25, -0.2) is 5.43 Å². The first-order chi connectivity index (χ1) is 11.4. The third kappa shape index (κ3) is 4.73. The molecule has 2 aromatic rings. The smallest absolute Gasteiger partial charge is 0.280 e. The lowest BCUT2D eigenvalue weighted by Crippen LogP contribution is -2.33. The maximum Gasteiger partial charge on any atom is 0.280 e. The average Bonchev–Trinajstić information content (AvgIpc) is 2.54. The Bertz CT molecular complexity index is 734. The highest BCUT2D eigenvalue weighted by Gasteiger charge is 2.15. The van der Waals surface area contributed by atoms with Crippen LogP contribution in [-0.4, -0.2) is 23.3 Å². The third-order valence-electron chi connectivity index (χ3n) is 3.37. The van der Waals surface area contributed by atoms with E-state index in [1.54, 1.807) is 43.3 Å². The predicted octanol–water partition coefficient (Wildman–Crippen LogP) is 3.58. The van der Waals surface area contributed by atoms with Gasteiger partial charge in [0.25, 0.3) is 5.91 Å². The van der Waals surface area contributed by atoms with Crippen molar-refractivity contribution in [2.45, 2.75) is 26.9 Å². The summed E-state index contributed by atoms with van der Waals surface area (Å²) in [5.74, 6) is 0.390. The van der Waals surface area contributed by atoms with Crippen molar-refractivity contribution in [1.29, 1.82) is 0 Å². The summed E-state index contributed by atoms with van der Waals surface area (Å²) in [4.78, 5) is 12.0. The van der Waals surface area contributed by atoms with Gasteiger partial charge in [0, 0.05) is 5.02 Å². The van der Waals surface area contributed by atoms with Crippen molar-refractivity contribution in [3.8, 4) is 11.5 Å². The molecule has 2 rings (SSSR count). The SMILES string of the molecule is Cc1cc(OC(C)C(=O)N/N=C/c2ccc(O)cc2)cc(C)c1Cl. The maximum atomic E-state index is 12.0. The Balaban J connectivity index is 1.93. The Kier molecular flexibility index (Phi) is 5.82. The summed E-state index contributed by atoms with van der Waals surface area (Å²) in [6.45, 7) is 5.41. The summed E-state index contributed by atoms with van der Waals surface area (Å²) in [6, 6.07) is 10.0. The highest BCUT2D eigenvalue weighted by atomic mass is 35.5. The fraction of sp³-hybridized carbons (Fsp3) is 0.222. The van der Waals surface area contributed by atoms with E-state index in [2.05, 4.69) is 10.5 Å². The van der Waals surface area contributed by atoms with Crippen molar-refractivity contribution in [3.63, 3.8) is 0 Å². The van der Waals surface area contributed by atoms with E-state index in [1.165, 1.54) is 6.21 Å². The number of benzene rings is 2. The van der Waals surface area contributed by atoms with Gasteiger partial charge in [0.1, 0.15) is 11.5 Å². The number of amides is 1. The zero-order valence-electron chi connectivity index (χ0n) is 13.7. The van der Waals surface area contributed by atoms with Gasteiger partial charge in [-0.15, -0.1) is 0 Å². The number of carbonyl (C=O) groups is 1. The van der Waals surface area contributed by atoms with E-state index in [0.29, 0.717) is 10.8 Å². The summed E-state index contributed by atoms with van der Waals surface area (Å²) in [7, 11) is 0. The number of carbonyl (C=O) groups excluding carboxylic acids is 1. The first-order valence-electron chi connectivity index (χ1n) is 7.42. The molecule has 0 bridgehead atoms. The molecule has 6 heteroatoms. The summed E-state index contributed by atoms with van der Waals surface area (Å²) >= 11 is 6.12. The van der Waals surface area contributed by atoms with Crippen LogP contribution in [0.3, 0.4) is 0 Å². The number of aryl methyl sites for hydroxylation is 2. The van der Waals surface area contributed by atoms with Crippen molar-refractivity contribution < 1.29 is 14.6 Å². The molecular weight excluding hydrogens is 328 g/mol. The second-order valence-corrected chi connectivity index (χ2v) is 5.83. The molecule has 5 nitrogen and oxygen atoms in total. The molecule has 0 aromatic heterocycles. The monoisotopic (exact) mass is 346 g/mol. The fourth-order valence-electron chi connectivity index (χ4n) is 2.05. The lowest BCUT2D eigenvalue weighted by molar-refractivity contribution is -0.127. The van der Waals surface area contributed by atoms with Crippen molar-refractivity contribution >= 4 is 23.7 Å². The highest BCUT2D eigenvalue weighted by Crippen LogP contribution is 2.26. The van der Waals surface area contributed by atoms with Crippen molar-refractivity contribution in [1.82, 2.24) is 5.43 Å². The number of nitrogens with one attached hydrogen (secondary N) is 1. The lowest BCUT2D eigenvalue weighted by Gasteiger charge is -2.14. The Hall–Kier alpha value is -2.53. The number of nitrogens with zero attached hydrogens (tertiary/aromatic N) is 1. The summed E-state index contributed by atoms with van der Waals surface area (Å²) in [5, 5.41) is 13.8. The van der Waals surface area contributed by atoms with E-state index in [9.17, 15) is 9.90 Å². The summed E-state index contributed by atoms with van der Waals surface area (Å²) in [5.41, 5.74) is 4.96. The number of halogens is 1. The van der Waals surface area contributed by atoms with Crippen molar-refractivity contribution in [2.24, 2.45) is 5.10 Å². The highest BCUT2D eigenvalue weighted by molar-refractivity contribution is 6.32. The fourth-order valence-corrected chi connectivity index (χ4v) is 2.16. The number of aromatic hydroxyl groups is 1. The zero-order valence-corrected chi connectivity index (χ0v) is 14.5. The van der Waals surface area contributed by atoms with Gasteiger partial charge in [0.05, 0.1) is 6.21 Å². The number of hydrogen-bond donors (Lipinski definition) is 2. The van der Waals surface area contributed by atoms with Crippen LogP contribution in [0.1, 0.15) is 23.6 Å². The molecule has 0 heterocycles. The van der Waals surface area contributed by atoms with Gasteiger partial charge in [-0.3, -0.25) is 4.79 Å². The number of phenols is 1. The number of hydrogen-bond acceptors (Lipinski definition) is 4. The van der Waals surface area contributed by atoms with Crippen LogP contribution >= 0.6 is 11.6 Å². The molecule has 2 N–H and O–H groups in total. The van der Waals surface area contributed by atoms with Gasteiger partial charge in [0.2, 0.25) is 0 Å².